The first kappa shape index (κ1) is 16.8. The lowest BCUT2D eigenvalue weighted by atomic mass is 9.79. The van der Waals surface area contributed by atoms with Crippen molar-refractivity contribution in [2.45, 2.75) is 51.2 Å². The summed E-state index contributed by atoms with van der Waals surface area (Å²) in [4.78, 5) is 16.3. The molecule has 5 rings (SSSR count). The van der Waals surface area contributed by atoms with Crippen molar-refractivity contribution in [1.82, 2.24) is 25.4 Å². The molecule has 0 saturated heterocycles. The molecule has 3 aliphatic carbocycles. The summed E-state index contributed by atoms with van der Waals surface area (Å²) < 4.78 is 1.80. The molecule has 2 bridgehead atoms. The molecule has 6 nitrogen and oxygen atoms in total. The van der Waals surface area contributed by atoms with Crippen molar-refractivity contribution in [3.05, 3.63) is 48.0 Å². The third kappa shape index (κ3) is 3.33. The standard InChI is InChI=1S/C21H27N5O/c27-21(25-20-9-16-8-19(20)18-3-1-2-17(16)18)23-10-14-4-6-15(7-5-14)11-26-13-22-12-24-26/h4-7,12-13,16-20H,1-3,8-11H2,(H2,23,25,27)/t16-,17+,18-,19+,20-/m1/s1. The van der Waals surface area contributed by atoms with Crippen LogP contribution in [0.15, 0.2) is 36.9 Å². The minimum atomic E-state index is -0.0196. The predicted molar refractivity (Wildman–Crippen MR) is 102 cm³/mol. The van der Waals surface area contributed by atoms with E-state index in [4.69, 9.17) is 0 Å². The van der Waals surface area contributed by atoms with Gasteiger partial charge in [0.15, 0.2) is 0 Å². The zero-order valence-electron chi connectivity index (χ0n) is 15.6. The Morgan fingerprint density at radius 3 is 2.70 bits per heavy atom. The van der Waals surface area contributed by atoms with Gasteiger partial charge in [0.05, 0.1) is 6.54 Å². The number of nitrogens with zero attached hydrogens (tertiary/aromatic N) is 3. The molecule has 6 heteroatoms. The predicted octanol–water partition coefficient (Wildman–Crippen LogP) is 2.95. The molecule has 3 saturated carbocycles. The molecule has 0 unspecified atom stereocenters. The Morgan fingerprint density at radius 2 is 1.89 bits per heavy atom. The number of rotatable bonds is 5. The van der Waals surface area contributed by atoms with Crippen LogP contribution in [0.3, 0.4) is 0 Å². The molecule has 3 aliphatic rings. The second-order valence-corrected chi connectivity index (χ2v) is 8.50. The molecule has 3 fully saturated rings. The Kier molecular flexibility index (Phi) is 4.34. The first-order chi connectivity index (χ1) is 13.3. The number of hydrogen-bond acceptors (Lipinski definition) is 3. The summed E-state index contributed by atoms with van der Waals surface area (Å²) in [6.45, 7) is 1.27. The molecule has 0 radical (unpaired) electrons. The second-order valence-electron chi connectivity index (χ2n) is 8.50. The highest BCUT2D eigenvalue weighted by Gasteiger charge is 2.53. The number of urea groups is 1. The van der Waals surface area contributed by atoms with Gasteiger partial charge in [-0.1, -0.05) is 30.7 Å². The second kappa shape index (κ2) is 6.98. The van der Waals surface area contributed by atoms with E-state index >= 15 is 0 Å². The number of carbonyl (C=O) groups excluding carboxylic acids is 1. The fourth-order valence-electron chi connectivity index (χ4n) is 5.90. The normalized spacial score (nSPS) is 31.0. The maximum absolute atomic E-state index is 12.4. The van der Waals surface area contributed by atoms with E-state index in [-0.39, 0.29) is 6.03 Å². The van der Waals surface area contributed by atoms with Crippen molar-refractivity contribution >= 4 is 6.03 Å². The summed E-state index contributed by atoms with van der Waals surface area (Å²) in [6, 6.07) is 8.65. The van der Waals surface area contributed by atoms with Crippen LogP contribution in [0.5, 0.6) is 0 Å². The highest BCUT2D eigenvalue weighted by molar-refractivity contribution is 5.74. The fourth-order valence-corrected chi connectivity index (χ4v) is 5.90. The first-order valence-corrected chi connectivity index (χ1v) is 10.2. The van der Waals surface area contributed by atoms with Crippen LogP contribution in [-0.2, 0) is 13.1 Å². The summed E-state index contributed by atoms with van der Waals surface area (Å²) in [5.74, 6) is 3.44. The number of nitrogens with one attached hydrogen (secondary N) is 2. The first-order valence-electron chi connectivity index (χ1n) is 10.2. The van der Waals surface area contributed by atoms with E-state index in [9.17, 15) is 4.79 Å². The highest BCUT2D eigenvalue weighted by Crippen LogP contribution is 2.58. The van der Waals surface area contributed by atoms with Gasteiger partial charge in [-0.25, -0.2) is 14.5 Å². The Morgan fingerprint density at radius 1 is 1.07 bits per heavy atom. The largest absolute Gasteiger partial charge is 0.335 e. The molecular formula is C21H27N5O. The third-order valence-electron chi connectivity index (χ3n) is 7.03. The van der Waals surface area contributed by atoms with Gasteiger partial charge in [-0.3, -0.25) is 0 Å². The van der Waals surface area contributed by atoms with E-state index in [1.165, 1.54) is 37.7 Å². The summed E-state index contributed by atoms with van der Waals surface area (Å²) in [5.41, 5.74) is 2.28. The maximum Gasteiger partial charge on any atom is 0.315 e. The van der Waals surface area contributed by atoms with Gasteiger partial charge in [0.2, 0.25) is 0 Å². The molecule has 2 amide bonds. The lowest BCUT2D eigenvalue weighted by Crippen LogP contribution is -2.46. The molecule has 1 aromatic heterocycles. The zero-order valence-corrected chi connectivity index (χ0v) is 15.6. The van der Waals surface area contributed by atoms with Gasteiger partial charge in [0.25, 0.3) is 0 Å². The minimum absolute atomic E-state index is 0.0196. The molecular weight excluding hydrogens is 338 g/mol. The minimum Gasteiger partial charge on any atom is -0.335 e. The number of fused-ring (bicyclic) bond motifs is 5. The van der Waals surface area contributed by atoms with Gasteiger partial charge in [-0.2, -0.15) is 5.10 Å². The molecule has 0 spiro atoms. The number of carbonyl (C=O) groups is 1. The van der Waals surface area contributed by atoms with Crippen LogP contribution in [0.25, 0.3) is 0 Å². The van der Waals surface area contributed by atoms with Gasteiger partial charge in [0.1, 0.15) is 12.7 Å². The Balaban J connectivity index is 1.10. The molecule has 142 valence electrons. The van der Waals surface area contributed by atoms with Crippen molar-refractivity contribution in [1.29, 1.82) is 0 Å². The Labute approximate surface area is 159 Å². The van der Waals surface area contributed by atoms with Crippen molar-refractivity contribution in [2.75, 3.05) is 0 Å². The van der Waals surface area contributed by atoms with Crippen LogP contribution in [0.4, 0.5) is 4.79 Å². The smallest absolute Gasteiger partial charge is 0.315 e. The fraction of sp³-hybridized carbons (Fsp3) is 0.571. The molecule has 1 aromatic carbocycles. The van der Waals surface area contributed by atoms with Crippen molar-refractivity contribution in [3.8, 4) is 0 Å². The van der Waals surface area contributed by atoms with Crippen LogP contribution in [0.2, 0.25) is 0 Å². The molecule has 5 atom stereocenters. The Hall–Kier alpha value is -2.37. The van der Waals surface area contributed by atoms with Crippen LogP contribution < -0.4 is 10.6 Å². The van der Waals surface area contributed by atoms with E-state index in [1.54, 1.807) is 17.3 Å². The topological polar surface area (TPSA) is 71.8 Å². The van der Waals surface area contributed by atoms with E-state index in [2.05, 4.69) is 45.0 Å². The van der Waals surface area contributed by atoms with Crippen LogP contribution in [0.1, 0.15) is 43.2 Å². The van der Waals surface area contributed by atoms with E-state index in [0.29, 0.717) is 19.1 Å². The number of aromatic nitrogens is 3. The highest BCUT2D eigenvalue weighted by atomic mass is 16.2. The number of benzene rings is 1. The van der Waals surface area contributed by atoms with Gasteiger partial charge < -0.3 is 10.6 Å². The van der Waals surface area contributed by atoms with E-state index in [1.807, 2.05) is 0 Å². The third-order valence-corrected chi connectivity index (χ3v) is 7.03. The van der Waals surface area contributed by atoms with Gasteiger partial charge in [-0.05, 0) is 60.5 Å². The molecule has 2 aromatic rings. The zero-order chi connectivity index (χ0) is 18.2. The molecule has 2 N–H and O–H groups in total. The van der Waals surface area contributed by atoms with Crippen LogP contribution in [0, 0.1) is 23.7 Å². The maximum atomic E-state index is 12.4. The summed E-state index contributed by atoms with van der Waals surface area (Å²) in [7, 11) is 0. The molecule has 1 heterocycles. The van der Waals surface area contributed by atoms with E-state index < -0.39 is 0 Å². The quantitative estimate of drug-likeness (QED) is 0.856. The van der Waals surface area contributed by atoms with Crippen molar-refractivity contribution in [2.24, 2.45) is 23.7 Å². The average molecular weight is 365 g/mol. The summed E-state index contributed by atoms with van der Waals surface area (Å²) in [6.07, 6.45) is 9.99. The molecule has 27 heavy (non-hydrogen) atoms. The summed E-state index contributed by atoms with van der Waals surface area (Å²) in [5, 5.41) is 10.4. The Bertz CT molecular complexity index is 787. The van der Waals surface area contributed by atoms with Gasteiger partial charge >= 0.3 is 6.03 Å². The average Bonchev–Trinajstić information content (AvgIpc) is 3.44. The van der Waals surface area contributed by atoms with Crippen molar-refractivity contribution in [3.63, 3.8) is 0 Å². The lowest BCUT2D eigenvalue weighted by Gasteiger charge is -2.32. The van der Waals surface area contributed by atoms with Crippen molar-refractivity contribution < 1.29 is 4.79 Å². The van der Waals surface area contributed by atoms with Crippen LogP contribution >= 0.6 is 0 Å². The molecule has 0 aliphatic heterocycles. The number of amides is 2. The SMILES string of the molecule is O=C(NCc1ccc(Cn2cncn2)cc1)N[C@@H]1C[C@H]2C[C@H]1[C@@H]1CCC[C@@H]21. The monoisotopic (exact) mass is 365 g/mol. The number of hydrogen-bond donors (Lipinski definition) is 2. The van der Waals surface area contributed by atoms with Crippen LogP contribution in [-0.4, -0.2) is 26.8 Å². The van der Waals surface area contributed by atoms with Gasteiger partial charge in [0, 0.05) is 12.6 Å². The van der Waals surface area contributed by atoms with E-state index in [0.717, 1.165) is 29.2 Å². The van der Waals surface area contributed by atoms with Gasteiger partial charge in [-0.15, -0.1) is 0 Å². The lowest BCUT2D eigenvalue weighted by molar-refractivity contribution is 0.197. The summed E-state index contributed by atoms with van der Waals surface area (Å²) >= 11 is 0.